The van der Waals surface area contributed by atoms with E-state index < -0.39 is 48.3 Å². The van der Waals surface area contributed by atoms with Crippen LogP contribution in [0.25, 0.3) is 0 Å². The highest BCUT2D eigenvalue weighted by Crippen LogP contribution is 2.07. The van der Waals surface area contributed by atoms with Crippen molar-refractivity contribution >= 4 is 36.4 Å². The molecule has 0 radical (unpaired) electrons. The zero-order valence-corrected chi connectivity index (χ0v) is 14.6. The number of carboxylic acid groups (broad SMARTS) is 2. The number of carbonyl (C=O) groups is 4. The molecule has 3 atom stereocenters. The Balaban J connectivity index is 4.97. The minimum absolute atomic E-state index is 0.0515. The summed E-state index contributed by atoms with van der Waals surface area (Å²) in [4.78, 5) is 45.8. The molecule has 2 amide bonds. The van der Waals surface area contributed by atoms with E-state index >= 15 is 0 Å². The lowest BCUT2D eigenvalue weighted by atomic mass is 10.0. The van der Waals surface area contributed by atoms with Gasteiger partial charge in [-0.2, -0.15) is 12.6 Å². The van der Waals surface area contributed by atoms with Crippen molar-refractivity contribution in [2.24, 2.45) is 11.7 Å². The van der Waals surface area contributed by atoms with Gasteiger partial charge in [-0.1, -0.05) is 13.8 Å². The second-order valence-corrected chi connectivity index (χ2v) is 6.18. The highest BCUT2D eigenvalue weighted by molar-refractivity contribution is 7.80. The van der Waals surface area contributed by atoms with Crippen LogP contribution in [0.1, 0.15) is 33.1 Å². The van der Waals surface area contributed by atoms with Crippen molar-refractivity contribution in [1.29, 1.82) is 0 Å². The molecule has 0 aromatic heterocycles. The Morgan fingerprint density at radius 1 is 1.04 bits per heavy atom. The van der Waals surface area contributed by atoms with Crippen LogP contribution >= 0.6 is 12.6 Å². The van der Waals surface area contributed by atoms with Gasteiger partial charge in [-0.3, -0.25) is 14.4 Å². The van der Waals surface area contributed by atoms with Crippen LogP contribution in [0, 0.1) is 5.92 Å². The number of nitrogens with one attached hydrogen (secondary N) is 2. The van der Waals surface area contributed by atoms with Crippen LogP contribution in [0.5, 0.6) is 0 Å². The molecule has 0 aromatic carbocycles. The van der Waals surface area contributed by atoms with Crippen molar-refractivity contribution in [3.8, 4) is 0 Å². The SMILES string of the molecule is CC(C)CC(NC(=O)C(N)CS)C(=O)NC(CCC(=O)O)C(=O)O. The van der Waals surface area contributed by atoms with Gasteiger partial charge in [0.05, 0.1) is 6.04 Å². The van der Waals surface area contributed by atoms with Crippen molar-refractivity contribution in [3.63, 3.8) is 0 Å². The Morgan fingerprint density at radius 2 is 1.58 bits per heavy atom. The van der Waals surface area contributed by atoms with Crippen LogP contribution in [0.2, 0.25) is 0 Å². The molecular formula is C14H25N3O6S. The molecule has 24 heavy (non-hydrogen) atoms. The van der Waals surface area contributed by atoms with Crippen molar-refractivity contribution in [2.75, 3.05) is 5.75 Å². The Hall–Kier alpha value is -1.81. The largest absolute Gasteiger partial charge is 0.481 e. The van der Waals surface area contributed by atoms with Gasteiger partial charge in [0.2, 0.25) is 11.8 Å². The molecule has 6 N–H and O–H groups in total. The molecule has 138 valence electrons. The molecule has 0 spiro atoms. The Bertz CT molecular complexity index is 471. The van der Waals surface area contributed by atoms with Gasteiger partial charge in [-0.15, -0.1) is 0 Å². The summed E-state index contributed by atoms with van der Waals surface area (Å²) in [6.45, 7) is 3.67. The lowest BCUT2D eigenvalue weighted by Gasteiger charge is -2.23. The lowest BCUT2D eigenvalue weighted by molar-refractivity contribution is -0.143. The summed E-state index contributed by atoms with van der Waals surface area (Å²) in [5.74, 6) is -3.62. The first-order valence-corrected chi connectivity index (χ1v) is 8.13. The van der Waals surface area contributed by atoms with E-state index in [0.717, 1.165) is 0 Å². The number of nitrogens with two attached hydrogens (primary N) is 1. The van der Waals surface area contributed by atoms with Gasteiger partial charge in [-0.25, -0.2) is 4.79 Å². The smallest absolute Gasteiger partial charge is 0.326 e. The molecule has 0 aliphatic carbocycles. The molecule has 0 aliphatic rings. The van der Waals surface area contributed by atoms with E-state index in [1.54, 1.807) is 0 Å². The van der Waals surface area contributed by atoms with E-state index in [1.807, 2.05) is 13.8 Å². The van der Waals surface area contributed by atoms with E-state index in [4.69, 9.17) is 15.9 Å². The second kappa shape index (κ2) is 10.9. The van der Waals surface area contributed by atoms with Crippen LogP contribution < -0.4 is 16.4 Å². The first-order valence-electron chi connectivity index (χ1n) is 7.50. The van der Waals surface area contributed by atoms with Crippen molar-refractivity contribution in [2.45, 2.75) is 51.2 Å². The predicted molar refractivity (Wildman–Crippen MR) is 89.7 cm³/mol. The summed E-state index contributed by atoms with van der Waals surface area (Å²) >= 11 is 3.91. The number of aliphatic carboxylic acids is 2. The lowest BCUT2D eigenvalue weighted by Crippen LogP contribution is -2.55. The monoisotopic (exact) mass is 363 g/mol. The molecule has 0 bridgehead atoms. The normalized spacial score (nSPS) is 14.5. The van der Waals surface area contributed by atoms with Crippen molar-refractivity contribution < 1.29 is 29.4 Å². The first-order chi connectivity index (χ1) is 11.1. The molecule has 0 saturated carbocycles. The van der Waals surface area contributed by atoms with Gasteiger partial charge in [0.15, 0.2) is 0 Å². The Morgan fingerprint density at radius 3 is 2.00 bits per heavy atom. The van der Waals surface area contributed by atoms with Crippen LogP contribution in [-0.2, 0) is 19.2 Å². The molecule has 3 unspecified atom stereocenters. The molecular weight excluding hydrogens is 338 g/mol. The standard InChI is InChI=1S/C14H25N3O6S/c1-7(2)5-10(17-12(20)8(15)6-24)13(21)16-9(14(22)23)3-4-11(18)19/h7-10,24H,3-6,15H2,1-2H3,(H,16,21)(H,17,20)(H,18,19)(H,22,23). The minimum Gasteiger partial charge on any atom is -0.481 e. The Kier molecular flexibility index (Phi) is 10.0. The van der Waals surface area contributed by atoms with Crippen LogP contribution in [0.3, 0.4) is 0 Å². The fraction of sp³-hybridized carbons (Fsp3) is 0.714. The minimum atomic E-state index is -1.35. The maximum absolute atomic E-state index is 12.3. The predicted octanol–water partition coefficient (Wildman–Crippen LogP) is -0.791. The number of hydrogen-bond donors (Lipinski definition) is 6. The molecule has 9 nitrogen and oxygen atoms in total. The van der Waals surface area contributed by atoms with Crippen molar-refractivity contribution in [1.82, 2.24) is 10.6 Å². The van der Waals surface area contributed by atoms with Crippen molar-refractivity contribution in [3.05, 3.63) is 0 Å². The van der Waals surface area contributed by atoms with E-state index in [0.29, 0.717) is 0 Å². The number of carboxylic acids is 2. The number of rotatable bonds is 11. The van der Waals surface area contributed by atoms with Crippen LogP contribution in [-0.4, -0.2) is 57.8 Å². The average Bonchev–Trinajstić information content (AvgIpc) is 2.48. The summed E-state index contributed by atoms with van der Waals surface area (Å²) in [6.07, 6.45) is -0.375. The zero-order chi connectivity index (χ0) is 18.9. The molecule has 0 rings (SSSR count). The second-order valence-electron chi connectivity index (χ2n) is 5.81. The van der Waals surface area contributed by atoms with Gasteiger partial charge >= 0.3 is 11.9 Å². The van der Waals surface area contributed by atoms with E-state index in [1.165, 1.54) is 0 Å². The molecule has 0 saturated heterocycles. The zero-order valence-electron chi connectivity index (χ0n) is 13.7. The topological polar surface area (TPSA) is 159 Å². The number of hydrogen-bond acceptors (Lipinski definition) is 6. The maximum atomic E-state index is 12.3. The molecule has 10 heteroatoms. The third-order valence-corrected chi connectivity index (χ3v) is 3.53. The highest BCUT2D eigenvalue weighted by Gasteiger charge is 2.28. The maximum Gasteiger partial charge on any atom is 0.326 e. The molecule has 0 aliphatic heterocycles. The number of carbonyl (C=O) groups excluding carboxylic acids is 2. The fourth-order valence-corrected chi connectivity index (χ4v) is 2.03. The van der Waals surface area contributed by atoms with Gasteiger partial charge in [0, 0.05) is 12.2 Å². The van der Waals surface area contributed by atoms with E-state index in [2.05, 4.69) is 23.3 Å². The van der Waals surface area contributed by atoms with Gasteiger partial charge in [0.25, 0.3) is 0 Å². The molecule has 0 heterocycles. The number of thiol groups is 1. The van der Waals surface area contributed by atoms with Crippen LogP contribution in [0.4, 0.5) is 0 Å². The average molecular weight is 363 g/mol. The highest BCUT2D eigenvalue weighted by atomic mass is 32.1. The quantitative estimate of drug-likeness (QED) is 0.262. The van der Waals surface area contributed by atoms with Gasteiger partial charge in [-0.05, 0) is 18.8 Å². The molecule has 0 fully saturated rings. The van der Waals surface area contributed by atoms with E-state index in [9.17, 15) is 19.2 Å². The summed E-state index contributed by atoms with van der Waals surface area (Å²) in [6, 6.07) is -3.20. The Labute approximate surface area is 145 Å². The van der Waals surface area contributed by atoms with Gasteiger partial charge < -0.3 is 26.6 Å². The fourth-order valence-electron chi connectivity index (χ4n) is 1.86. The first kappa shape index (κ1) is 22.2. The van der Waals surface area contributed by atoms with Crippen LogP contribution in [0.15, 0.2) is 0 Å². The summed E-state index contributed by atoms with van der Waals surface area (Å²) in [5.41, 5.74) is 5.55. The third kappa shape index (κ3) is 8.73. The van der Waals surface area contributed by atoms with E-state index in [-0.39, 0.29) is 24.5 Å². The summed E-state index contributed by atoms with van der Waals surface area (Å²) < 4.78 is 0. The third-order valence-electron chi connectivity index (χ3n) is 3.14. The summed E-state index contributed by atoms with van der Waals surface area (Å²) in [5, 5.41) is 22.4. The van der Waals surface area contributed by atoms with Gasteiger partial charge in [0.1, 0.15) is 12.1 Å². The summed E-state index contributed by atoms with van der Waals surface area (Å²) in [7, 11) is 0. The molecule has 0 aromatic rings. The number of amides is 2.